The zero-order valence-corrected chi connectivity index (χ0v) is 17.3. The normalized spacial score (nSPS) is 10.4. The summed E-state index contributed by atoms with van der Waals surface area (Å²) in [6.07, 6.45) is 0. The van der Waals surface area contributed by atoms with Gasteiger partial charge < -0.3 is 14.8 Å². The lowest BCUT2D eigenvalue weighted by Gasteiger charge is -2.13. The highest BCUT2D eigenvalue weighted by atomic mass is 79.9. The van der Waals surface area contributed by atoms with Gasteiger partial charge in [-0.3, -0.25) is 0 Å². The maximum absolute atomic E-state index is 11.8. The molecule has 1 heterocycles. The van der Waals surface area contributed by atoms with Crippen molar-refractivity contribution < 1.29 is 14.3 Å². The Bertz CT molecular complexity index is 895. The lowest BCUT2D eigenvalue weighted by Crippen LogP contribution is -2.03. The van der Waals surface area contributed by atoms with Crippen molar-refractivity contribution >= 4 is 38.2 Å². The Morgan fingerprint density at radius 1 is 1.11 bits per heavy atom. The van der Waals surface area contributed by atoms with E-state index >= 15 is 0 Å². The maximum Gasteiger partial charge on any atom is 0.348 e. The van der Waals surface area contributed by atoms with Crippen LogP contribution < -0.4 is 10.1 Å². The van der Waals surface area contributed by atoms with Crippen molar-refractivity contribution in [1.29, 1.82) is 0 Å². The average molecular weight is 446 g/mol. The second-order valence-electron chi connectivity index (χ2n) is 5.76. The van der Waals surface area contributed by atoms with Gasteiger partial charge in [0.1, 0.15) is 17.2 Å². The number of halogens is 1. The Morgan fingerprint density at radius 3 is 2.70 bits per heavy atom. The van der Waals surface area contributed by atoms with E-state index in [0.717, 1.165) is 26.4 Å². The van der Waals surface area contributed by atoms with Gasteiger partial charge >= 0.3 is 5.97 Å². The summed E-state index contributed by atoms with van der Waals surface area (Å²) >= 11 is 4.90. The first kappa shape index (κ1) is 19.5. The lowest BCUT2D eigenvalue weighted by atomic mass is 10.2. The number of rotatable bonds is 8. The predicted molar refractivity (Wildman–Crippen MR) is 113 cm³/mol. The molecule has 0 aliphatic carbocycles. The van der Waals surface area contributed by atoms with Gasteiger partial charge in [0.05, 0.1) is 11.6 Å². The molecule has 0 aliphatic rings. The Balaban J connectivity index is 1.65. The minimum absolute atomic E-state index is 0.287. The number of hydrogen-bond acceptors (Lipinski definition) is 5. The van der Waals surface area contributed by atoms with Crippen LogP contribution in [0.15, 0.2) is 65.1 Å². The van der Waals surface area contributed by atoms with Crippen LogP contribution in [0.3, 0.4) is 0 Å². The van der Waals surface area contributed by atoms with E-state index in [9.17, 15) is 4.79 Å². The second kappa shape index (κ2) is 9.58. The SMILES string of the molecule is CCOC(=O)c1ccc(NCc2cc(Br)ccc2OCc2ccccc2)s1. The van der Waals surface area contributed by atoms with E-state index in [1.165, 1.54) is 11.3 Å². The zero-order chi connectivity index (χ0) is 19.1. The van der Waals surface area contributed by atoms with Crippen LogP contribution in [0, 0.1) is 0 Å². The zero-order valence-electron chi connectivity index (χ0n) is 14.9. The lowest BCUT2D eigenvalue weighted by molar-refractivity contribution is 0.0532. The van der Waals surface area contributed by atoms with Crippen molar-refractivity contribution in [2.24, 2.45) is 0 Å². The minimum atomic E-state index is -0.287. The van der Waals surface area contributed by atoms with E-state index in [4.69, 9.17) is 9.47 Å². The average Bonchev–Trinajstić information content (AvgIpc) is 3.16. The molecule has 1 N–H and O–H groups in total. The molecule has 2 aromatic carbocycles. The van der Waals surface area contributed by atoms with Crippen LogP contribution in [0.5, 0.6) is 5.75 Å². The summed E-state index contributed by atoms with van der Waals surface area (Å²) in [6, 6.07) is 19.7. The van der Waals surface area contributed by atoms with Gasteiger partial charge in [-0.05, 0) is 42.8 Å². The topological polar surface area (TPSA) is 47.6 Å². The van der Waals surface area contributed by atoms with Crippen molar-refractivity contribution in [3.63, 3.8) is 0 Å². The molecule has 3 rings (SSSR count). The highest BCUT2D eigenvalue weighted by molar-refractivity contribution is 9.10. The van der Waals surface area contributed by atoms with Gasteiger partial charge in [-0.1, -0.05) is 46.3 Å². The fourth-order valence-electron chi connectivity index (χ4n) is 2.49. The van der Waals surface area contributed by atoms with Gasteiger partial charge in [-0.25, -0.2) is 4.79 Å². The third-order valence-electron chi connectivity index (χ3n) is 3.80. The quantitative estimate of drug-likeness (QED) is 0.439. The van der Waals surface area contributed by atoms with Crippen molar-refractivity contribution in [3.8, 4) is 5.75 Å². The van der Waals surface area contributed by atoms with Gasteiger partial charge in [-0.15, -0.1) is 11.3 Å². The summed E-state index contributed by atoms with van der Waals surface area (Å²) in [7, 11) is 0. The third kappa shape index (κ3) is 5.58. The minimum Gasteiger partial charge on any atom is -0.489 e. The Kier molecular flexibility index (Phi) is 6.90. The second-order valence-corrected chi connectivity index (χ2v) is 7.76. The molecular weight excluding hydrogens is 426 g/mol. The number of ether oxygens (including phenoxy) is 2. The molecule has 6 heteroatoms. The van der Waals surface area contributed by atoms with E-state index in [1.54, 1.807) is 13.0 Å². The summed E-state index contributed by atoms with van der Waals surface area (Å²) < 4.78 is 12.0. The molecule has 4 nitrogen and oxygen atoms in total. The molecule has 0 radical (unpaired) electrons. The number of benzene rings is 2. The van der Waals surface area contributed by atoms with Crippen LogP contribution >= 0.6 is 27.3 Å². The predicted octanol–water partition coefficient (Wildman–Crippen LogP) is 5.88. The number of anilines is 1. The van der Waals surface area contributed by atoms with Gasteiger partial charge in [0.25, 0.3) is 0 Å². The molecule has 3 aromatic rings. The Labute approximate surface area is 171 Å². The van der Waals surface area contributed by atoms with Crippen LogP contribution in [0.4, 0.5) is 5.00 Å². The van der Waals surface area contributed by atoms with Crippen molar-refractivity contribution in [3.05, 3.63) is 81.1 Å². The highest BCUT2D eigenvalue weighted by Crippen LogP contribution is 2.27. The summed E-state index contributed by atoms with van der Waals surface area (Å²) in [5.74, 6) is 0.543. The van der Waals surface area contributed by atoms with E-state index < -0.39 is 0 Å². The number of nitrogens with one attached hydrogen (secondary N) is 1. The molecule has 0 saturated heterocycles. The van der Waals surface area contributed by atoms with Crippen LogP contribution in [-0.4, -0.2) is 12.6 Å². The molecule has 0 spiro atoms. The van der Waals surface area contributed by atoms with Gasteiger partial charge in [-0.2, -0.15) is 0 Å². The summed E-state index contributed by atoms with van der Waals surface area (Å²) in [5.41, 5.74) is 2.16. The van der Waals surface area contributed by atoms with E-state index in [0.29, 0.717) is 24.6 Å². The smallest absolute Gasteiger partial charge is 0.348 e. The van der Waals surface area contributed by atoms with Gasteiger partial charge in [0.2, 0.25) is 0 Å². The molecule has 0 bridgehead atoms. The van der Waals surface area contributed by atoms with Gasteiger partial charge in [0.15, 0.2) is 0 Å². The number of carbonyl (C=O) groups is 1. The van der Waals surface area contributed by atoms with Crippen molar-refractivity contribution in [2.75, 3.05) is 11.9 Å². The largest absolute Gasteiger partial charge is 0.489 e. The van der Waals surface area contributed by atoms with E-state index in [1.807, 2.05) is 54.6 Å². The Morgan fingerprint density at radius 2 is 1.93 bits per heavy atom. The summed E-state index contributed by atoms with van der Waals surface area (Å²) in [5, 5.41) is 4.26. The standard InChI is InChI=1S/C21H20BrNO3S/c1-2-25-21(24)19-10-11-20(27-19)23-13-16-12-17(22)8-9-18(16)26-14-15-6-4-3-5-7-15/h3-12,23H,2,13-14H2,1H3. The molecule has 0 fully saturated rings. The first-order chi connectivity index (χ1) is 13.2. The molecular formula is C21H20BrNO3S. The molecule has 0 saturated carbocycles. The maximum atomic E-state index is 11.8. The summed E-state index contributed by atoms with van der Waals surface area (Å²) in [6.45, 7) is 3.28. The Hall–Kier alpha value is -2.31. The molecule has 0 unspecified atom stereocenters. The molecule has 27 heavy (non-hydrogen) atoms. The number of hydrogen-bond donors (Lipinski definition) is 1. The number of esters is 1. The molecule has 0 amide bonds. The first-order valence-electron chi connectivity index (χ1n) is 8.61. The molecule has 1 aromatic heterocycles. The fraction of sp³-hybridized carbons (Fsp3) is 0.190. The molecule has 0 aliphatic heterocycles. The summed E-state index contributed by atoms with van der Waals surface area (Å²) in [4.78, 5) is 12.4. The van der Waals surface area contributed by atoms with Crippen LogP contribution in [0.2, 0.25) is 0 Å². The molecule has 140 valence electrons. The van der Waals surface area contributed by atoms with Crippen molar-refractivity contribution in [2.45, 2.75) is 20.1 Å². The monoisotopic (exact) mass is 445 g/mol. The van der Waals surface area contributed by atoms with Crippen LogP contribution in [-0.2, 0) is 17.9 Å². The van der Waals surface area contributed by atoms with E-state index in [2.05, 4.69) is 21.2 Å². The van der Waals surface area contributed by atoms with Crippen LogP contribution in [0.25, 0.3) is 0 Å². The third-order valence-corrected chi connectivity index (χ3v) is 5.31. The molecule has 0 atom stereocenters. The van der Waals surface area contributed by atoms with Crippen molar-refractivity contribution in [1.82, 2.24) is 0 Å². The first-order valence-corrected chi connectivity index (χ1v) is 10.2. The highest BCUT2D eigenvalue weighted by Gasteiger charge is 2.11. The number of thiophene rings is 1. The number of carbonyl (C=O) groups excluding carboxylic acids is 1. The van der Waals surface area contributed by atoms with E-state index in [-0.39, 0.29) is 5.97 Å². The fourth-order valence-corrected chi connectivity index (χ4v) is 3.69. The van der Waals surface area contributed by atoms with Crippen LogP contribution in [0.1, 0.15) is 27.7 Å². The van der Waals surface area contributed by atoms with Gasteiger partial charge in [0, 0.05) is 16.6 Å².